The molecule has 0 bridgehead atoms. The van der Waals surface area contributed by atoms with Crippen LogP contribution in [0.2, 0.25) is 0 Å². The topological polar surface area (TPSA) is 146 Å². The lowest BCUT2D eigenvalue weighted by atomic mass is 9.77. The van der Waals surface area contributed by atoms with E-state index in [4.69, 9.17) is 9.79 Å². The van der Waals surface area contributed by atoms with Crippen LogP contribution in [0.5, 0.6) is 0 Å². The monoisotopic (exact) mass is 635 g/mol. The Morgan fingerprint density at radius 3 is 1.58 bits per heavy atom. The van der Waals surface area contributed by atoms with Gasteiger partial charge in [0, 0.05) is 17.5 Å². The van der Waals surface area contributed by atoms with Gasteiger partial charge in [-0.15, -0.1) is 5.10 Å². The Balaban J connectivity index is 1.75. The Morgan fingerprint density at radius 2 is 1.05 bits per heavy atom. The average molecular weight is 635 g/mol. The van der Waals surface area contributed by atoms with Gasteiger partial charge in [-0.1, -0.05) is 96.2 Å². The molecule has 15 heteroatoms. The van der Waals surface area contributed by atoms with Crippen LogP contribution in [-0.2, 0) is 32.4 Å². The molecule has 0 aliphatic rings. The summed E-state index contributed by atoms with van der Waals surface area (Å²) in [6.45, 7) is 0. The van der Waals surface area contributed by atoms with E-state index in [1.54, 1.807) is 59.3 Å². The van der Waals surface area contributed by atoms with Gasteiger partial charge in [0.15, 0.2) is 0 Å². The lowest BCUT2D eigenvalue weighted by molar-refractivity contribution is 0.0563. The molecule has 0 aliphatic carbocycles. The van der Waals surface area contributed by atoms with Crippen LogP contribution in [-0.4, -0.2) is 34.6 Å². The number of halogens is 4. The lowest BCUT2D eigenvalue weighted by Gasteiger charge is -2.36. The largest absolute Gasteiger partial charge is 0.399 e. The summed E-state index contributed by atoms with van der Waals surface area (Å²) in [4.78, 5) is 36.8. The summed E-state index contributed by atoms with van der Waals surface area (Å²) in [6, 6.07) is 24.3. The molecular formula is C28H23F4N3O6P2. The van der Waals surface area contributed by atoms with Crippen molar-refractivity contribution in [3.63, 3.8) is 0 Å². The minimum absolute atomic E-state index is 0.0413. The number of nitrogens with zero attached hydrogens (tertiary/aromatic N) is 3. The number of benzene rings is 4. The highest BCUT2D eigenvalue weighted by molar-refractivity contribution is 7.52. The summed E-state index contributed by atoms with van der Waals surface area (Å²) in [5.74, 6) is 0. The first kappa shape index (κ1) is 30.7. The van der Waals surface area contributed by atoms with Crippen molar-refractivity contribution in [3.8, 4) is 0 Å². The molecule has 9 nitrogen and oxygen atoms in total. The maximum absolute atomic E-state index is 14.6. The third-order valence-corrected chi connectivity index (χ3v) is 9.15. The summed E-state index contributed by atoms with van der Waals surface area (Å²) in [5.41, 5.74) is -9.76. The fourth-order valence-electron chi connectivity index (χ4n) is 4.96. The molecule has 224 valence electrons. The number of alkyl halides is 4. The highest BCUT2D eigenvalue weighted by atomic mass is 31.2. The number of aromatic nitrogens is 3. The molecular weight excluding hydrogens is 612 g/mol. The molecule has 5 rings (SSSR count). The first-order valence-electron chi connectivity index (χ1n) is 12.5. The molecule has 0 radical (unpaired) electrons. The van der Waals surface area contributed by atoms with E-state index in [-0.39, 0.29) is 6.42 Å². The third-order valence-electron chi connectivity index (χ3n) is 7.17. The van der Waals surface area contributed by atoms with Crippen molar-refractivity contribution in [2.75, 3.05) is 0 Å². The van der Waals surface area contributed by atoms with Gasteiger partial charge < -0.3 is 19.6 Å². The molecule has 0 saturated carbocycles. The number of rotatable bonds is 9. The quantitative estimate of drug-likeness (QED) is 0.115. The molecule has 0 spiro atoms. The Bertz CT molecular complexity index is 1860. The standard InChI is InChI=1S/C28H23F4N3O6P2/c29-27(30,42(36,37)38)22-12-10-19(11-13-22)18-26(20-6-2-1-3-7-20,35-25-9-5-4-8-24(25)33-34-35)21-14-16-23(17-15-21)28(31,32)43(39,40)41/h1-17H,18H2,(H2,36,37,38)(H2,39,40,41)/t26-/m1/s1. The Hall–Kier alpha value is -3.70. The van der Waals surface area contributed by atoms with Crippen molar-refractivity contribution in [3.05, 3.63) is 131 Å². The Labute approximate surface area is 241 Å². The van der Waals surface area contributed by atoms with Crippen molar-refractivity contribution < 1.29 is 46.3 Å². The summed E-state index contributed by atoms with van der Waals surface area (Å²) in [5, 5.41) is 8.63. The molecule has 1 atom stereocenters. The van der Waals surface area contributed by atoms with Crippen molar-refractivity contribution in [1.29, 1.82) is 0 Å². The van der Waals surface area contributed by atoms with Gasteiger partial charge in [-0.3, -0.25) is 9.13 Å². The molecule has 0 aliphatic heterocycles. The molecule has 43 heavy (non-hydrogen) atoms. The first-order valence-corrected chi connectivity index (χ1v) is 15.8. The van der Waals surface area contributed by atoms with Gasteiger partial charge in [-0.25, -0.2) is 4.68 Å². The van der Waals surface area contributed by atoms with Gasteiger partial charge in [-0.2, -0.15) is 17.6 Å². The zero-order chi connectivity index (χ0) is 31.3. The van der Waals surface area contributed by atoms with Crippen LogP contribution in [0.3, 0.4) is 0 Å². The van der Waals surface area contributed by atoms with E-state index < -0.39 is 43.2 Å². The second kappa shape index (κ2) is 10.8. The van der Waals surface area contributed by atoms with Crippen molar-refractivity contribution in [1.82, 2.24) is 15.0 Å². The van der Waals surface area contributed by atoms with Gasteiger partial charge in [0.05, 0.1) is 5.52 Å². The summed E-state index contributed by atoms with van der Waals surface area (Å²) >= 11 is 0. The first-order chi connectivity index (χ1) is 20.1. The highest BCUT2D eigenvalue weighted by Crippen LogP contribution is 2.60. The van der Waals surface area contributed by atoms with E-state index in [2.05, 4.69) is 10.3 Å². The van der Waals surface area contributed by atoms with Gasteiger partial charge >= 0.3 is 26.5 Å². The van der Waals surface area contributed by atoms with Gasteiger partial charge in [0.1, 0.15) is 11.1 Å². The van der Waals surface area contributed by atoms with Crippen LogP contribution >= 0.6 is 15.2 Å². The Morgan fingerprint density at radius 1 is 0.605 bits per heavy atom. The molecule has 4 N–H and O–H groups in total. The van der Waals surface area contributed by atoms with Crippen LogP contribution in [0.4, 0.5) is 17.6 Å². The van der Waals surface area contributed by atoms with E-state index in [1.807, 2.05) is 0 Å². The van der Waals surface area contributed by atoms with E-state index >= 15 is 0 Å². The van der Waals surface area contributed by atoms with Gasteiger partial charge in [0.2, 0.25) is 0 Å². The van der Waals surface area contributed by atoms with E-state index in [1.165, 1.54) is 24.3 Å². The maximum Gasteiger partial charge on any atom is 0.399 e. The summed E-state index contributed by atoms with van der Waals surface area (Å²) < 4.78 is 82.3. The second-order valence-electron chi connectivity index (χ2n) is 9.84. The molecule has 4 aromatic carbocycles. The number of para-hydroxylation sites is 1. The molecule has 0 fully saturated rings. The SMILES string of the molecule is O=P(O)(O)C(F)(F)c1ccc(C[C@@](c2ccccc2)(c2ccc(C(F)(F)P(=O)(O)O)cc2)n2nnc3ccccc32)cc1. The van der Waals surface area contributed by atoms with Crippen LogP contribution in [0.25, 0.3) is 11.0 Å². The fourth-order valence-corrected chi connectivity index (χ4v) is 5.93. The predicted molar refractivity (Wildman–Crippen MR) is 149 cm³/mol. The van der Waals surface area contributed by atoms with Crippen molar-refractivity contribution in [2.24, 2.45) is 0 Å². The minimum atomic E-state index is -5.85. The maximum atomic E-state index is 14.6. The zero-order valence-corrected chi connectivity index (χ0v) is 23.7. The van der Waals surface area contributed by atoms with E-state index in [0.717, 1.165) is 24.3 Å². The lowest BCUT2D eigenvalue weighted by Crippen LogP contribution is -2.39. The van der Waals surface area contributed by atoms with Crippen molar-refractivity contribution in [2.45, 2.75) is 23.3 Å². The smallest absolute Gasteiger partial charge is 0.320 e. The summed E-state index contributed by atoms with van der Waals surface area (Å²) in [6.07, 6.45) is -0.0413. The molecule has 0 saturated heterocycles. The number of hydrogen-bond acceptors (Lipinski definition) is 4. The van der Waals surface area contributed by atoms with Crippen LogP contribution in [0.1, 0.15) is 27.8 Å². The Kier molecular flexibility index (Phi) is 7.71. The molecule has 1 heterocycles. The van der Waals surface area contributed by atoms with E-state index in [9.17, 15) is 36.5 Å². The molecule has 1 aromatic heterocycles. The number of fused-ring (bicyclic) bond motifs is 1. The second-order valence-corrected chi connectivity index (χ2v) is 13.1. The van der Waals surface area contributed by atoms with Crippen LogP contribution in [0.15, 0.2) is 103 Å². The van der Waals surface area contributed by atoms with E-state index in [0.29, 0.717) is 27.7 Å². The van der Waals surface area contributed by atoms with Crippen molar-refractivity contribution >= 4 is 26.2 Å². The molecule has 0 unspecified atom stereocenters. The third kappa shape index (κ3) is 5.33. The fraction of sp³-hybridized carbons (Fsp3) is 0.143. The minimum Gasteiger partial charge on any atom is -0.320 e. The normalized spacial score (nSPS) is 14.5. The summed E-state index contributed by atoms with van der Waals surface area (Å²) in [7, 11) is -11.7. The molecule has 5 aromatic rings. The van der Waals surface area contributed by atoms with Crippen LogP contribution < -0.4 is 0 Å². The average Bonchev–Trinajstić information content (AvgIpc) is 3.40. The number of hydrogen-bond donors (Lipinski definition) is 4. The highest BCUT2D eigenvalue weighted by Gasteiger charge is 2.51. The zero-order valence-electron chi connectivity index (χ0n) is 21.9. The van der Waals surface area contributed by atoms with Crippen LogP contribution in [0, 0.1) is 0 Å². The van der Waals surface area contributed by atoms with Gasteiger partial charge in [0.25, 0.3) is 0 Å². The molecule has 0 amide bonds. The van der Waals surface area contributed by atoms with Gasteiger partial charge in [-0.05, 0) is 28.8 Å². The predicted octanol–water partition coefficient (Wildman–Crippen LogP) is 5.92.